The monoisotopic (exact) mass is 333 g/mol. The van der Waals surface area contributed by atoms with Crippen LogP contribution >= 0.6 is 0 Å². The van der Waals surface area contributed by atoms with Crippen molar-refractivity contribution in [2.45, 2.75) is 25.1 Å². The first-order chi connectivity index (χ1) is 10.9. The van der Waals surface area contributed by atoms with E-state index in [9.17, 15) is 18.3 Å². The van der Waals surface area contributed by atoms with Crippen molar-refractivity contribution in [1.29, 1.82) is 0 Å². The van der Waals surface area contributed by atoms with E-state index in [1.807, 2.05) is 0 Å². The molecule has 0 radical (unpaired) electrons. The number of alkyl halides is 3. The lowest BCUT2D eigenvalue weighted by molar-refractivity contribution is -0.137. The Morgan fingerprint density at radius 2 is 1.87 bits per heavy atom. The van der Waals surface area contributed by atoms with Crippen LogP contribution in [0.25, 0.3) is 0 Å². The molecule has 130 valence electrons. The molecule has 0 saturated carbocycles. The average molecular weight is 333 g/mol. The maximum atomic E-state index is 12.4. The van der Waals surface area contributed by atoms with Crippen molar-refractivity contribution >= 4 is 0 Å². The molecule has 1 unspecified atom stereocenters. The third-order valence-corrected chi connectivity index (χ3v) is 3.78. The van der Waals surface area contributed by atoms with Crippen LogP contribution in [-0.2, 0) is 10.9 Å². The highest BCUT2D eigenvalue weighted by Gasteiger charge is 2.30. The van der Waals surface area contributed by atoms with E-state index in [1.54, 1.807) is 0 Å². The highest BCUT2D eigenvalue weighted by molar-refractivity contribution is 5.28. The van der Waals surface area contributed by atoms with Crippen molar-refractivity contribution in [2.75, 3.05) is 32.9 Å². The number of ether oxygens (including phenoxy) is 2. The third-order valence-electron chi connectivity index (χ3n) is 3.78. The lowest BCUT2D eigenvalue weighted by atomic mass is 10.0. The number of aliphatic hydroxyl groups is 1. The van der Waals surface area contributed by atoms with Gasteiger partial charge in [-0.25, -0.2) is 0 Å². The fourth-order valence-corrected chi connectivity index (χ4v) is 2.40. The van der Waals surface area contributed by atoms with E-state index in [0.717, 1.165) is 44.7 Å². The highest BCUT2D eigenvalue weighted by Crippen LogP contribution is 2.30. The number of hydrogen-bond acceptors (Lipinski definition) is 4. The molecule has 1 aromatic rings. The van der Waals surface area contributed by atoms with Gasteiger partial charge in [0, 0.05) is 19.8 Å². The van der Waals surface area contributed by atoms with Crippen molar-refractivity contribution in [1.82, 2.24) is 5.32 Å². The van der Waals surface area contributed by atoms with Gasteiger partial charge in [0.2, 0.25) is 0 Å². The van der Waals surface area contributed by atoms with Crippen LogP contribution in [0.4, 0.5) is 13.2 Å². The van der Waals surface area contributed by atoms with Gasteiger partial charge in [0.15, 0.2) is 0 Å². The van der Waals surface area contributed by atoms with Crippen LogP contribution in [0.2, 0.25) is 0 Å². The molecule has 1 aliphatic rings. The number of benzene rings is 1. The molecule has 0 aromatic heterocycles. The van der Waals surface area contributed by atoms with Gasteiger partial charge in [-0.1, -0.05) is 0 Å². The summed E-state index contributed by atoms with van der Waals surface area (Å²) in [6.45, 7) is 2.81. The summed E-state index contributed by atoms with van der Waals surface area (Å²) >= 11 is 0. The molecule has 0 spiro atoms. The summed E-state index contributed by atoms with van der Waals surface area (Å²) in [6, 6.07) is 4.44. The van der Waals surface area contributed by atoms with Gasteiger partial charge >= 0.3 is 6.18 Å². The van der Waals surface area contributed by atoms with Gasteiger partial charge in [-0.05, 0) is 49.6 Å². The number of rotatable bonds is 7. The minimum absolute atomic E-state index is 0.0339. The predicted molar refractivity (Wildman–Crippen MR) is 79.4 cm³/mol. The van der Waals surface area contributed by atoms with Crippen LogP contribution in [-0.4, -0.2) is 44.1 Å². The van der Waals surface area contributed by atoms with Crippen LogP contribution in [0.3, 0.4) is 0 Å². The molecule has 7 heteroatoms. The van der Waals surface area contributed by atoms with Crippen LogP contribution in [0.1, 0.15) is 18.4 Å². The fraction of sp³-hybridized carbons (Fsp3) is 0.625. The summed E-state index contributed by atoms with van der Waals surface area (Å²) in [5.74, 6) is 0.869. The average Bonchev–Trinajstić information content (AvgIpc) is 2.53. The summed E-state index contributed by atoms with van der Waals surface area (Å²) in [7, 11) is 0. The predicted octanol–water partition coefficient (Wildman–Crippen LogP) is 2.46. The van der Waals surface area contributed by atoms with E-state index in [2.05, 4.69) is 5.32 Å². The number of nitrogens with one attached hydrogen (secondary N) is 1. The molecular weight excluding hydrogens is 311 g/mol. The zero-order valence-corrected chi connectivity index (χ0v) is 12.8. The molecule has 1 heterocycles. The van der Waals surface area contributed by atoms with Crippen LogP contribution in [0, 0.1) is 5.92 Å². The van der Waals surface area contributed by atoms with Gasteiger partial charge in [-0.3, -0.25) is 0 Å². The first-order valence-corrected chi connectivity index (χ1v) is 7.72. The van der Waals surface area contributed by atoms with Crippen molar-refractivity contribution < 1.29 is 27.8 Å². The molecule has 1 aromatic carbocycles. The normalized spacial score (nSPS) is 17.9. The zero-order valence-electron chi connectivity index (χ0n) is 12.8. The zero-order chi connectivity index (χ0) is 16.7. The largest absolute Gasteiger partial charge is 0.491 e. The Labute approximate surface area is 133 Å². The molecule has 1 aliphatic heterocycles. The van der Waals surface area contributed by atoms with Gasteiger partial charge in [0.05, 0.1) is 5.56 Å². The van der Waals surface area contributed by atoms with Crippen molar-refractivity contribution in [3.63, 3.8) is 0 Å². The molecule has 0 bridgehead atoms. The van der Waals surface area contributed by atoms with E-state index < -0.39 is 17.8 Å². The molecule has 2 rings (SSSR count). The Balaban J connectivity index is 1.64. The van der Waals surface area contributed by atoms with Crippen molar-refractivity contribution in [2.24, 2.45) is 5.92 Å². The fourth-order valence-electron chi connectivity index (χ4n) is 2.40. The second-order valence-electron chi connectivity index (χ2n) is 5.70. The summed E-state index contributed by atoms with van der Waals surface area (Å²) in [6.07, 6.45) is -3.03. The number of hydrogen-bond donors (Lipinski definition) is 2. The molecule has 1 fully saturated rings. The smallest absolute Gasteiger partial charge is 0.416 e. The van der Waals surface area contributed by atoms with Gasteiger partial charge in [-0.15, -0.1) is 0 Å². The third kappa shape index (κ3) is 6.37. The molecule has 4 nitrogen and oxygen atoms in total. The molecule has 23 heavy (non-hydrogen) atoms. The van der Waals surface area contributed by atoms with Gasteiger partial charge < -0.3 is 19.9 Å². The van der Waals surface area contributed by atoms with E-state index in [-0.39, 0.29) is 6.61 Å². The summed E-state index contributed by atoms with van der Waals surface area (Å²) in [4.78, 5) is 0. The van der Waals surface area contributed by atoms with Crippen LogP contribution in [0.5, 0.6) is 5.75 Å². The van der Waals surface area contributed by atoms with Crippen LogP contribution in [0.15, 0.2) is 24.3 Å². The quantitative estimate of drug-likeness (QED) is 0.805. The molecular formula is C16H22F3NO3. The molecule has 1 saturated heterocycles. The Hall–Kier alpha value is -1.31. The minimum Gasteiger partial charge on any atom is -0.491 e. The first kappa shape index (κ1) is 18.0. The second kappa shape index (κ2) is 8.52. The molecule has 0 aliphatic carbocycles. The van der Waals surface area contributed by atoms with E-state index in [1.165, 1.54) is 12.1 Å². The Bertz CT molecular complexity index is 459. The van der Waals surface area contributed by atoms with Crippen molar-refractivity contribution in [3.8, 4) is 5.75 Å². The standard InChI is InChI=1S/C16H22F3NO3/c17-16(18,19)13-1-3-15(4-2-13)23-11-14(21)10-20-9-12-5-7-22-8-6-12/h1-4,12,14,20-21H,5-11H2. The van der Waals surface area contributed by atoms with E-state index in [0.29, 0.717) is 18.2 Å². The highest BCUT2D eigenvalue weighted by atomic mass is 19.4. The first-order valence-electron chi connectivity index (χ1n) is 7.72. The van der Waals surface area contributed by atoms with Gasteiger partial charge in [0.1, 0.15) is 18.5 Å². The molecule has 1 atom stereocenters. The van der Waals surface area contributed by atoms with E-state index in [4.69, 9.17) is 9.47 Å². The lowest BCUT2D eigenvalue weighted by Crippen LogP contribution is -2.35. The van der Waals surface area contributed by atoms with Gasteiger partial charge in [0.25, 0.3) is 0 Å². The Kier molecular flexibility index (Phi) is 6.68. The van der Waals surface area contributed by atoms with E-state index >= 15 is 0 Å². The SMILES string of the molecule is OC(CNCC1CCOCC1)COc1ccc(C(F)(F)F)cc1. The van der Waals surface area contributed by atoms with Crippen molar-refractivity contribution in [3.05, 3.63) is 29.8 Å². The van der Waals surface area contributed by atoms with Crippen LogP contribution < -0.4 is 10.1 Å². The maximum Gasteiger partial charge on any atom is 0.416 e. The number of aliphatic hydroxyl groups excluding tert-OH is 1. The summed E-state index contributed by atoms with van der Waals surface area (Å²) in [5.41, 5.74) is -0.719. The topological polar surface area (TPSA) is 50.7 Å². The summed E-state index contributed by atoms with van der Waals surface area (Å²) in [5, 5.41) is 13.0. The lowest BCUT2D eigenvalue weighted by Gasteiger charge is -2.23. The molecule has 2 N–H and O–H groups in total. The Morgan fingerprint density at radius 1 is 1.22 bits per heavy atom. The summed E-state index contributed by atoms with van der Waals surface area (Å²) < 4.78 is 47.9. The second-order valence-corrected chi connectivity index (χ2v) is 5.70. The maximum absolute atomic E-state index is 12.4. The van der Waals surface area contributed by atoms with Gasteiger partial charge in [-0.2, -0.15) is 13.2 Å². The number of halogens is 3. The minimum atomic E-state index is -4.36. The molecule has 0 amide bonds. The Morgan fingerprint density at radius 3 is 2.48 bits per heavy atom.